The van der Waals surface area contributed by atoms with E-state index in [0.717, 1.165) is 24.0 Å². The normalized spacial score (nSPS) is 17.7. The first-order valence-corrected chi connectivity index (χ1v) is 6.00. The van der Waals surface area contributed by atoms with Crippen molar-refractivity contribution in [1.82, 2.24) is 5.32 Å². The lowest BCUT2D eigenvalue weighted by Crippen LogP contribution is -2.21. The Morgan fingerprint density at radius 3 is 2.39 bits per heavy atom. The van der Waals surface area contributed by atoms with Gasteiger partial charge in [0.25, 0.3) is 0 Å². The molecule has 1 heterocycles. The highest BCUT2D eigenvalue weighted by Crippen LogP contribution is 2.09. The summed E-state index contributed by atoms with van der Waals surface area (Å²) < 4.78 is 0. The minimum atomic E-state index is -0.859. The number of hydrogen-bond donors (Lipinski definition) is 2. The molecule has 4 heteroatoms. The highest BCUT2D eigenvalue weighted by molar-refractivity contribution is 5.89. The van der Waals surface area contributed by atoms with E-state index in [2.05, 4.69) is 5.32 Å². The highest BCUT2D eigenvalue weighted by atomic mass is 16.4. The fourth-order valence-corrected chi connectivity index (χ4v) is 1.82. The Balaban J connectivity index is 0.000000199. The molecule has 2 N–H and O–H groups in total. The molecule has 1 unspecified atom stereocenters. The molecule has 1 atom stereocenters. The molecular formula is C14H19NO3. The van der Waals surface area contributed by atoms with Crippen molar-refractivity contribution in [2.45, 2.75) is 39.7 Å². The maximum Gasteiger partial charge on any atom is 0.335 e. The van der Waals surface area contributed by atoms with Crippen molar-refractivity contribution < 1.29 is 14.7 Å². The van der Waals surface area contributed by atoms with Gasteiger partial charge in [0.1, 0.15) is 0 Å². The van der Waals surface area contributed by atoms with Crippen LogP contribution in [0.25, 0.3) is 0 Å². The molecule has 0 spiro atoms. The Hall–Kier alpha value is -1.84. The standard InChI is InChI=1S/C9H10O2.C5H9NO/c1-6-3-4-8(9(10)11)7(2)5-6;1-4-2-3-5(7)6-4/h3-5H,1-2H3,(H,10,11);4H,2-3H2,1H3,(H,6,7). The molecule has 1 aliphatic heterocycles. The second-order valence-corrected chi connectivity index (χ2v) is 4.63. The molecule has 1 aromatic carbocycles. The van der Waals surface area contributed by atoms with E-state index in [1.54, 1.807) is 19.1 Å². The second-order valence-electron chi connectivity index (χ2n) is 4.63. The van der Waals surface area contributed by atoms with Crippen molar-refractivity contribution in [3.8, 4) is 0 Å². The minimum absolute atomic E-state index is 0.201. The molecule has 1 aromatic rings. The largest absolute Gasteiger partial charge is 0.478 e. The monoisotopic (exact) mass is 249 g/mol. The quantitative estimate of drug-likeness (QED) is 0.802. The smallest absolute Gasteiger partial charge is 0.335 e. The van der Waals surface area contributed by atoms with Gasteiger partial charge in [-0.3, -0.25) is 4.79 Å². The minimum Gasteiger partial charge on any atom is -0.478 e. The van der Waals surface area contributed by atoms with Gasteiger partial charge in [-0.1, -0.05) is 17.7 Å². The van der Waals surface area contributed by atoms with Gasteiger partial charge in [0.05, 0.1) is 5.56 Å². The molecule has 1 amide bonds. The fraction of sp³-hybridized carbons (Fsp3) is 0.429. The Morgan fingerprint density at radius 1 is 1.39 bits per heavy atom. The summed E-state index contributed by atoms with van der Waals surface area (Å²) in [7, 11) is 0. The van der Waals surface area contributed by atoms with Crippen LogP contribution in [0.1, 0.15) is 41.3 Å². The third kappa shape index (κ3) is 4.20. The number of aryl methyl sites for hydroxylation is 2. The molecule has 0 radical (unpaired) electrons. The lowest BCUT2D eigenvalue weighted by molar-refractivity contribution is -0.119. The van der Waals surface area contributed by atoms with Crippen LogP contribution in [0.2, 0.25) is 0 Å². The maximum absolute atomic E-state index is 10.5. The van der Waals surface area contributed by atoms with Crippen LogP contribution in [0.5, 0.6) is 0 Å². The van der Waals surface area contributed by atoms with Gasteiger partial charge in [0.2, 0.25) is 5.91 Å². The molecule has 1 saturated heterocycles. The third-order valence-electron chi connectivity index (χ3n) is 2.82. The first kappa shape index (κ1) is 14.2. The number of carbonyl (C=O) groups excluding carboxylic acids is 1. The topological polar surface area (TPSA) is 66.4 Å². The van der Waals surface area contributed by atoms with E-state index >= 15 is 0 Å². The number of carboxylic acid groups (broad SMARTS) is 1. The number of aromatic carboxylic acids is 1. The maximum atomic E-state index is 10.5. The van der Waals surface area contributed by atoms with Crippen LogP contribution < -0.4 is 5.32 Å². The van der Waals surface area contributed by atoms with Crippen molar-refractivity contribution in [1.29, 1.82) is 0 Å². The zero-order valence-electron chi connectivity index (χ0n) is 11.0. The number of benzene rings is 1. The Morgan fingerprint density at radius 2 is 2.06 bits per heavy atom. The number of carboxylic acids is 1. The summed E-state index contributed by atoms with van der Waals surface area (Å²) in [6, 6.07) is 5.72. The van der Waals surface area contributed by atoms with E-state index in [-0.39, 0.29) is 5.91 Å². The molecule has 18 heavy (non-hydrogen) atoms. The van der Waals surface area contributed by atoms with Crippen molar-refractivity contribution in [3.63, 3.8) is 0 Å². The molecule has 1 fully saturated rings. The van der Waals surface area contributed by atoms with E-state index in [9.17, 15) is 9.59 Å². The predicted molar refractivity (Wildman–Crippen MR) is 69.7 cm³/mol. The number of amides is 1. The lowest BCUT2D eigenvalue weighted by atomic mass is 10.1. The number of hydrogen-bond acceptors (Lipinski definition) is 2. The molecule has 0 aromatic heterocycles. The second kappa shape index (κ2) is 6.19. The van der Waals surface area contributed by atoms with Crippen LogP contribution in [0.15, 0.2) is 18.2 Å². The molecule has 0 bridgehead atoms. The number of nitrogens with one attached hydrogen (secondary N) is 1. The fourth-order valence-electron chi connectivity index (χ4n) is 1.82. The van der Waals surface area contributed by atoms with E-state index in [1.165, 1.54) is 0 Å². The van der Waals surface area contributed by atoms with Crippen molar-refractivity contribution in [2.75, 3.05) is 0 Å². The van der Waals surface area contributed by atoms with Gasteiger partial charge in [-0.05, 0) is 38.8 Å². The predicted octanol–water partition coefficient (Wildman–Crippen LogP) is 2.29. The summed E-state index contributed by atoms with van der Waals surface area (Å²) in [5.74, 6) is -0.657. The van der Waals surface area contributed by atoms with Gasteiger partial charge in [0, 0.05) is 12.5 Å². The lowest BCUT2D eigenvalue weighted by Gasteiger charge is -2.00. The summed E-state index contributed by atoms with van der Waals surface area (Å²) in [6.07, 6.45) is 1.74. The molecule has 0 aliphatic carbocycles. The molecule has 0 saturated carbocycles. The van der Waals surface area contributed by atoms with Crippen molar-refractivity contribution in [2.24, 2.45) is 0 Å². The SMILES string of the molecule is CC1CCC(=O)N1.Cc1ccc(C(=O)O)c(C)c1. The van der Waals surface area contributed by atoms with Gasteiger partial charge in [-0.25, -0.2) is 4.79 Å². The van der Waals surface area contributed by atoms with E-state index in [4.69, 9.17) is 5.11 Å². The number of rotatable bonds is 1. The van der Waals surface area contributed by atoms with E-state index < -0.39 is 5.97 Å². The summed E-state index contributed by atoms with van der Waals surface area (Å²) in [6.45, 7) is 5.76. The van der Waals surface area contributed by atoms with Gasteiger partial charge in [-0.2, -0.15) is 0 Å². The molecule has 4 nitrogen and oxygen atoms in total. The zero-order valence-corrected chi connectivity index (χ0v) is 11.0. The van der Waals surface area contributed by atoms with Gasteiger partial charge < -0.3 is 10.4 Å². The molecular weight excluding hydrogens is 230 g/mol. The molecule has 2 rings (SSSR count). The Labute approximate surface area is 107 Å². The summed E-state index contributed by atoms with van der Waals surface area (Å²) in [5, 5.41) is 11.4. The molecule has 1 aliphatic rings. The van der Waals surface area contributed by atoms with Gasteiger partial charge >= 0.3 is 5.97 Å². The van der Waals surface area contributed by atoms with Gasteiger partial charge in [-0.15, -0.1) is 0 Å². The average molecular weight is 249 g/mol. The summed E-state index contributed by atoms with van der Waals surface area (Å²) in [5.41, 5.74) is 2.29. The van der Waals surface area contributed by atoms with Crippen molar-refractivity contribution >= 4 is 11.9 Å². The Kier molecular flexibility index (Phi) is 4.89. The van der Waals surface area contributed by atoms with Crippen LogP contribution in [0.3, 0.4) is 0 Å². The van der Waals surface area contributed by atoms with Gasteiger partial charge in [0.15, 0.2) is 0 Å². The van der Waals surface area contributed by atoms with Crippen LogP contribution >= 0.6 is 0 Å². The first-order chi connectivity index (χ1) is 8.40. The van der Waals surface area contributed by atoms with E-state index in [0.29, 0.717) is 11.6 Å². The summed E-state index contributed by atoms with van der Waals surface area (Å²) >= 11 is 0. The third-order valence-corrected chi connectivity index (χ3v) is 2.82. The zero-order chi connectivity index (χ0) is 13.7. The van der Waals surface area contributed by atoms with Crippen LogP contribution in [0, 0.1) is 13.8 Å². The number of carbonyl (C=O) groups is 2. The molecule has 98 valence electrons. The van der Waals surface area contributed by atoms with Crippen molar-refractivity contribution in [3.05, 3.63) is 34.9 Å². The average Bonchev–Trinajstić information content (AvgIpc) is 2.62. The van der Waals surface area contributed by atoms with E-state index in [1.807, 2.05) is 19.9 Å². The van der Waals surface area contributed by atoms with Crippen LogP contribution in [-0.4, -0.2) is 23.0 Å². The highest BCUT2D eigenvalue weighted by Gasteiger charge is 2.14. The first-order valence-electron chi connectivity index (χ1n) is 6.00. The summed E-state index contributed by atoms with van der Waals surface area (Å²) in [4.78, 5) is 20.9. The van der Waals surface area contributed by atoms with Crippen LogP contribution in [0.4, 0.5) is 0 Å². The Bertz CT molecular complexity index is 454. The van der Waals surface area contributed by atoms with Crippen LogP contribution in [-0.2, 0) is 4.79 Å².